The fraction of sp³-hybridized carbons (Fsp3) is 0.0500. The van der Waals surface area contributed by atoms with E-state index >= 15 is 0 Å². The Morgan fingerprint density at radius 3 is 1.10 bits per heavy atom. The minimum Gasteiger partial charge on any atom is -0.199 e. The van der Waals surface area contributed by atoms with Crippen molar-refractivity contribution < 1.29 is 21.7 Å². The van der Waals surface area contributed by atoms with E-state index in [0.717, 1.165) is 24.0 Å². The van der Waals surface area contributed by atoms with E-state index < -0.39 is 0 Å². The van der Waals surface area contributed by atoms with E-state index in [4.69, 9.17) is 0 Å². The van der Waals surface area contributed by atoms with Gasteiger partial charge in [0.15, 0.2) is 0 Å². The molecule has 2 aliphatic carbocycles. The smallest absolute Gasteiger partial charge is 0.199 e. The molecule has 196 valence electrons. The van der Waals surface area contributed by atoms with Crippen molar-refractivity contribution in [2.75, 3.05) is 0 Å². The maximum Gasteiger partial charge on any atom is 4.00 e. The molecule has 0 spiro atoms. The molecule has 0 fully saturated rings. The van der Waals surface area contributed by atoms with Gasteiger partial charge < -0.3 is 0 Å². The summed E-state index contributed by atoms with van der Waals surface area (Å²) < 4.78 is 0. The predicted octanol–water partition coefficient (Wildman–Crippen LogP) is 9.85. The molecule has 0 unspecified atom stereocenters. The van der Waals surface area contributed by atoms with Crippen molar-refractivity contribution in [3.8, 4) is 22.3 Å². The van der Waals surface area contributed by atoms with Gasteiger partial charge in [0, 0.05) is 0 Å². The van der Waals surface area contributed by atoms with Gasteiger partial charge in [0.05, 0.1) is 0 Å². The first-order valence-corrected chi connectivity index (χ1v) is 13.6. The molecule has 1 heteroatoms. The van der Waals surface area contributed by atoms with Gasteiger partial charge in [-0.25, -0.2) is 0 Å². The van der Waals surface area contributed by atoms with Gasteiger partial charge in [0.1, 0.15) is 0 Å². The van der Waals surface area contributed by atoms with Crippen molar-refractivity contribution in [1.82, 2.24) is 0 Å². The minimum atomic E-state index is 0. The van der Waals surface area contributed by atoms with E-state index in [9.17, 15) is 0 Å². The van der Waals surface area contributed by atoms with Crippen LogP contribution in [-0.4, -0.2) is 0 Å². The molecule has 6 aromatic carbocycles. The van der Waals surface area contributed by atoms with Gasteiger partial charge in [-0.2, -0.15) is 109 Å². The second-order valence-electron chi connectivity index (χ2n) is 9.76. The SMILES string of the molecule is [CH2-]c1ccccc1.[CH2-]c1ccccc1.[Ti+4].[c-]1cccc2c1Cc1ccccc1-2.[c-]1cccc2c1Cc1ccccc1-2. The van der Waals surface area contributed by atoms with Crippen molar-refractivity contribution >= 4 is 0 Å². The first kappa shape index (κ1) is 29.7. The minimum absolute atomic E-state index is 0. The summed E-state index contributed by atoms with van der Waals surface area (Å²) in [6.45, 7) is 7.44. The van der Waals surface area contributed by atoms with Crippen LogP contribution in [0.5, 0.6) is 0 Å². The Kier molecular flexibility index (Phi) is 10.9. The Morgan fingerprint density at radius 2 is 0.732 bits per heavy atom. The van der Waals surface area contributed by atoms with E-state index in [-0.39, 0.29) is 21.7 Å². The molecule has 0 saturated carbocycles. The van der Waals surface area contributed by atoms with E-state index in [2.05, 4.69) is 98.8 Å². The Balaban J connectivity index is 0.000000131. The summed E-state index contributed by atoms with van der Waals surface area (Å²) in [5.41, 5.74) is 13.2. The normalized spacial score (nSPS) is 10.7. The molecule has 0 aliphatic heterocycles. The third-order valence-electron chi connectivity index (χ3n) is 6.92. The number of fused-ring (bicyclic) bond motifs is 6. The van der Waals surface area contributed by atoms with Crippen LogP contribution in [0.3, 0.4) is 0 Å². The van der Waals surface area contributed by atoms with Crippen LogP contribution in [-0.2, 0) is 34.6 Å². The average molecular weight is 561 g/mol. The number of hydrogen-bond acceptors (Lipinski definition) is 0. The molecule has 0 N–H and O–H groups in total. The van der Waals surface area contributed by atoms with Crippen LogP contribution in [0.4, 0.5) is 0 Å². The molecule has 6 aromatic rings. The van der Waals surface area contributed by atoms with Gasteiger partial charge in [-0.1, -0.05) is 82.9 Å². The molecular weight excluding hydrogens is 528 g/mol. The Bertz CT molecular complexity index is 1440. The Hall–Kier alpha value is -4.23. The fourth-order valence-corrected chi connectivity index (χ4v) is 4.95. The number of hydrogen-bond donors (Lipinski definition) is 0. The molecule has 8 rings (SSSR count). The molecule has 0 heterocycles. The summed E-state index contributed by atoms with van der Waals surface area (Å²) in [5.74, 6) is 0. The molecule has 0 saturated heterocycles. The van der Waals surface area contributed by atoms with E-state index in [0.29, 0.717) is 0 Å². The van der Waals surface area contributed by atoms with Crippen molar-refractivity contribution in [3.05, 3.63) is 205 Å². The molecule has 0 nitrogen and oxygen atoms in total. The summed E-state index contributed by atoms with van der Waals surface area (Å²) >= 11 is 0. The van der Waals surface area contributed by atoms with Crippen molar-refractivity contribution in [2.45, 2.75) is 12.8 Å². The van der Waals surface area contributed by atoms with Crippen LogP contribution >= 0.6 is 0 Å². The summed E-state index contributed by atoms with van der Waals surface area (Å²) in [7, 11) is 0. The Morgan fingerprint density at radius 1 is 0.390 bits per heavy atom. The molecule has 2 aliphatic rings. The number of rotatable bonds is 0. The molecule has 0 aromatic heterocycles. The van der Waals surface area contributed by atoms with Crippen LogP contribution < -0.4 is 0 Å². The van der Waals surface area contributed by atoms with Crippen LogP contribution in [0.2, 0.25) is 0 Å². The van der Waals surface area contributed by atoms with Crippen molar-refractivity contribution in [3.63, 3.8) is 0 Å². The molecule has 41 heavy (non-hydrogen) atoms. The first-order valence-electron chi connectivity index (χ1n) is 13.6. The Labute approximate surface area is 260 Å². The second-order valence-corrected chi connectivity index (χ2v) is 9.76. The zero-order chi connectivity index (χ0) is 27.6. The van der Waals surface area contributed by atoms with Crippen LogP contribution in [0, 0.1) is 26.0 Å². The van der Waals surface area contributed by atoms with Crippen LogP contribution in [0.15, 0.2) is 146 Å². The third kappa shape index (κ3) is 7.92. The molecular formula is C40H32Ti. The van der Waals surface area contributed by atoms with Crippen molar-refractivity contribution in [1.29, 1.82) is 0 Å². The number of benzene rings is 6. The maximum absolute atomic E-state index is 3.72. The first-order chi connectivity index (χ1) is 19.7. The van der Waals surface area contributed by atoms with Gasteiger partial charge in [0.25, 0.3) is 0 Å². The van der Waals surface area contributed by atoms with E-state index in [1.54, 1.807) is 0 Å². The van der Waals surface area contributed by atoms with Gasteiger partial charge in [-0.3, -0.25) is 0 Å². The largest absolute Gasteiger partial charge is 4.00 e. The summed E-state index contributed by atoms with van der Waals surface area (Å²) in [5, 5.41) is 0. The van der Waals surface area contributed by atoms with Gasteiger partial charge in [-0.15, -0.1) is 35.4 Å². The molecule has 0 bridgehead atoms. The van der Waals surface area contributed by atoms with Crippen molar-refractivity contribution in [2.24, 2.45) is 0 Å². The average Bonchev–Trinajstić information content (AvgIpc) is 3.58. The molecule has 0 atom stereocenters. The van der Waals surface area contributed by atoms with Crippen LogP contribution in [0.25, 0.3) is 22.3 Å². The summed E-state index contributed by atoms with van der Waals surface area (Å²) in [6, 6.07) is 56.0. The topological polar surface area (TPSA) is 0 Å². The monoisotopic (exact) mass is 560 g/mol. The zero-order valence-corrected chi connectivity index (χ0v) is 24.7. The maximum atomic E-state index is 3.72. The van der Waals surface area contributed by atoms with E-state index in [1.165, 1.54) is 44.5 Å². The van der Waals surface area contributed by atoms with Gasteiger partial charge in [0.2, 0.25) is 0 Å². The quantitative estimate of drug-likeness (QED) is 0.128. The second kappa shape index (κ2) is 15.0. The molecule has 0 amide bonds. The van der Waals surface area contributed by atoms with Crippen LogP contribution in [0.1, 0.15) is 33.4 Å². The van der Waals surface area contributed by atoms with E-state index in [1.807, 2.05) is 72.8 Å². The fourth-order valence-electron chi connectivity index (χ4n) is 4.95. The third-order valence-corrected chi connectivity index (χ3v) is 6.92. The summed E-state index contributed by atoms with van der Waals surface area (Å²) in [6.07, 6.45) is 2.10. The summed E-state index contributed by atoms with van der Waals surface area (Å²) in [4.78, 5) is 0. The predicted molar refractivity (Wildman–Crippen MR) is 169 cm³/mol. The molecule has 0 radical (unpaired) electrons. The van der Waals surface area contributed by atoms with Gasteiger partial charge in [-0.05, 0) is 12.8 Å². The standard InChI is InChI=1S/2C13H9.2C7H7.Ti/c2*1-3-7-12-10(5-1)9-11-6-2-4-8-13(11)12;2*1-7-5-3-2-4-6-7;/h2*1-5,7-8H,9H2;2*2-6H,1H2;/q4*-1;+4. The van der Waals surface area contributed by atoms with Gasteiger partial charge >= 0.3 is 21.7 Å². The zero-order valence-electron chi connectivity index (χ0n) is 23.2.